The van der Waals surface area contributed by atoms with Crippen LogP contribution in [-0.2, 0) is 16.9 Å². The predicted molar refractivity (Wildman–Crippen MR) is 145 cm³/mol. The van der Waals surface area contributed by atoms with Crippen molar-refractivity contribution in [3.8, 4) is 11.5 Å². The maximum atomic E-state index is 13.6. The van der Waals surface area contributed by atoms with Crippen molar-refractivity contribution in [1.82, 2.24) is 9.80 Å². The Morgan fingerprint density at radius 1 is 0.921 bits per heavy atom. The second kappa shape index (κ2) is 10.1. The number of aliphatic hydroxyl groups is 1. The van der Waals surface area contributed by atoms with Crippen molar-refractivity contribution in [1.29, 1.82) is 0 Å². The number of ether oxygens (including phenoxy) is 2. The first-order valence-corrected chi connectivity index (χ1v) is 13.5. The number of hydrogen-bond donors (Lipinski definition) is 1. The molecule has 1 N–H and O–H groups in total. The number of amides is 1. The molecule has 0 aromatic heterocycles. The minimum absolute atomic E-state index is 0.267. The quantitative estimate of drug-likeness (QED) is 0.428. The van der Waals surface area contributed by atoms with Crippen molar-refractivity contribution in [2.24, 2.45) is 0 Å². The summed E-state index contributed by atoms with van der Waals surface area (Å²) < 4.78 is 11.8. The fraction of sp³-hybridized carbons (Fsp3) is 0.310. The molecule has 0 radical (unpaired) electrons. The van der Waals surface area contributed by atoms with E-state index in [4.69, 9.17) is 9.47 Å². The Morgan fingerprint density at radius 2 is 1.63 bits per heavy atom. The number of ketones is 1. The van der Waals surface area contributed by atoms with Gasteiger partial charge in [0.25, 0.3) is 5.91 Å². The lowest BCUT2D eigenvalue weighted by molar-refractivity contribution is -0.136. The van der Waals surface area contributed by atoms with E-state index >= 15 is 0 Å². The van der Waals surface area contributed by atoms with Crippen molar-refractivity contribution in [2.75, 3.05) is 44.5 Å². The standard InChI is InChI=1S/C29H28BrN3O5/c30-22-8-6-21(7-9-22)25(34)16-29(36)23-3-1-2-4-24(23)33(28(29)35)18-32-13-11-31(12-14-32)17-20-5-10-26-27(15-20)38-19-37-26/h1-10,15,36H,11-14,16-19H2. The lowest BCUT2D eigenvalue weighted by atomic mass is 9.88. The molecule has 1 fully saturated rings. The van der Waals surface area contributed by atoms with Crippen LogP contribution >= 0.6 is 15.9 Å². The average Bonchev–Trinajstić information content (AvgIpc) is 3.47. The topological polar surface area (TPSA) is 82.6 Å². The number of carbonyl (C=O) groups is 2. The summed E-state index contributed by atoms with van der Waals surface area (Å²) in [6.45, 7) is 4.72. The molecular weight excluding hydrogens is 550 g/mol. The van der Waals surface area contributed by atoms with Crippen LogP contribution in [0, 0.1) is 0 Å². The van der Waals surface area contributed by atoms with Crippen LogP contribution < -0.4 is 14.4 Å². The molecule has 0 aliphatic carbocycles. The number of rotatable bonds is 7. The molecule has 9 heteroatoms. The van der Waals surface area contributed by atoms with Crippen LogP contribution in [-0.4, -0.2) is 66.2 Å². The first-order valence-electron chi connectivity index (χ1n) is 12.7. The molecule has 3 aromatic carbocycles. The number of fused-ring (bicyclic) bond motifs is 2. The number of hydrogen-bond acceptors (Lipinski definition) is 7. The minimum Gasteiger partial charge on any atom is -0.454 e. The number of carbonyl (C=O) groups excluding carboxylic acids is 2. The van der Waals surface area contributed by atoms with Crippen LogP contribution in [0.5, 0.6) is 11.5 Å². The van der Waals surface area contributed by atoms with Gasteiger partial charge in [-0.25, -0.2) is 0 Å². The fourth-order valence-corrected chi connectivity index (χ4v) is 5.64. The van der Waals surface area contributed by atoms with E-state index in [1.165, 1.54) is 5.56 Å². The van der Waals surface area contributed by atoms with Gasteiger partial charge in [-0.15, -0.1) is 0 Å². The molecule has 6 rings (SSSR count). The largest absolute Gasteiger partial charge is 0.454 e. The van der Waals surface area contributed by atoms with E-state index in [1.54, 1.807) is 41.3 Å². The molecule has 38 heavy (non-hydrogen) atoms. The number of Topliss-reactive ketones (excluding diaryl/α,β-unsaturated/α-hetero) is 1. The summed E-state index contributed by atoms with van der Waals surface area (Å²) in [6.07, 6.45) is -0.301. The Labute approximate surface area is 229 Å². The molecule has 1 amide bonds. The average molecular weight is 578 g/mol. The second-order valence-corrected chi connectivity index (χ2v) is 10.9. The molecule has 8 nitrogen and oxygen atoms in total. The van der Waals surface area contributed by atoms with E-state index in [1.807, 2.05) is 24.3 Å². The van der Waals surface area contributed by atoms with E-state index in [2.05, 4.69) is 31.8 Å². The summed E-state index contributed by atoms with van der Waals surface area (Å²) in [7, 11) is 0. The van der Waals surface area contributed by atoms with Gasteiger partial charge in [-0.2, -0.15) is 0 Å². The zero-order valence-corrected chi connectivity index (χ0v) is 22.4. The first-order chi connectivity index (χ1) is 18.4. The molecule has 0 spiro atoms. The third-order valence-corrected chi connectivity index (χ3v) is 8.00. The Morgan fingerprint density at radius 3 is 2.42 bits per heavy atom. The maximum Gasteiger partial charge on any atom is 0.265 e. The summed E-state index contributed by atoms with van der Waals surface area (Å²) in [4.78, 5) is 32.9. The van der Waals surface area contributed by atoms with Crippen LogP contribution in [0.15, 0.2) is 71.2 Å². The molecule has 196 valence electrons. The number of piperazine rings is 1. The van der Waals surface area contributed by atoms with Crippen LogP contribution in [0.25, 0.3) is 0 Å². The molecule has 3 aliphatic heterocycles. The summed E-state index contributed by atoms with van der Waals surface area (Å²) in [5, 5.41) is 11.6. The van der Waals surface area contributed by atoms with Crippen LogP contribution in [0.1, 0.15) is 27.9 Å². The molecule has 1 atom stereocenters. The number of para-hydroxylation sites is 1. The van der Waals surface area contributed by atoms with Crippen LogP contribution in [0.4, 0.5) is 5.69 Å². The van der Waals surface area contributed by atoms with E-state index in [-0.39, 0.29) is 19.0 Å². The van der Waals surface area contributed by atoms with Crippen molar-refractivity contribution in [3.63, 3.8) is 0 Å². The third kappa shape index (κ3) is 4.71. The lowest BCUT2D eigenvalue weighted by Gasteiger charge is -2.37. The first kappa shape index (κ1) is 25.1. The normalized spacial score (nSPS) is 21.1. The van der Waals surface area contributed by atoms with Gasteiger partial charge in [0.1, 0.15) is 0 Å². The molecule has 0 bridgehead atoms. The molecule has 3 aromatic rings. The SMILES string of the molecule is O=C(CC1(O)C(=O)N(CN2CCN(Cc3ccc4c(c3)OCO4)CC2)c2ccccc21)c1ccc(Br)cc1. The molecular formula is C29H28BrN3O5. The second-order valence-electron chi connectivity index (χ2n) is 9.94. The molecule has 1 saturated heterocycles. The number of nitrogens with zero attached hydrogens (tertiary/aromatic N) is 3. The molecule has 1 unspecified atom stereocenters. The summed E-state index contributed by atoms with van der Waals surface area (Å²) in [5.41, 5.74) is 0.890. The summed E-state index contributed by atoms with van der Waals surface area (Å²) in [5.74, 6) is 0.847. The van der Waals surface area contributed by atoms with Crippen LogP contribution in [0.2, 0.25) is 0 Å². The van der Waals surface area contributed by atoms with Gasteiger partial charge in [-0.3, -0.25) is 24.3 Å². The van der Waals surface area contributed by atoms with Gasteiger partial charge in [-0.1, -0.05) is 52.3 Å². The molecule has 0 saturated carbocycles. The van der Waals surface area contributed by atoms with E-state index in [0.29, 0.717) is 23.5 Å². The van der Waals surface area contributed by atoms with Gasteiger partial charge in [0.05, 0.1) is 18.8 Å². The maximum absolute atomic E-state index is 13.6. The minimum atomic E-state index is -1.89. The summed E-state index contributed by atoms with van der Waals surface area (Å²) >= 11 is 3.37. The molecule has 3 aliphatic rings. The Hall–Kier alpha value is -3.24. The van der Waals surface area contributed by atoms with Gasteiger partial charge < -0.3 is 14.6 Å². The van der Waals surface area contributed by atoms with Crippen molar-refractivity contribution in [3.05, 3.63) is 87.9 Å². The Kier molecular flexibility index (Phi) is 6.69. The highest BCUT2D eigenvalue weighted by Gasteiger charge is 2.51. The predicted octanol–water partition coefficient (Wildman–Crippen LogP) is 3.76. The monoisotopic (exact) mass is 577 g/mol. The van der Waals surface area contributed by atoms with Crippen molar-refractivity contribution >= 4 is 33.3 Å². The highest BCUT2D eigenvalue weighted by molar-refractivity contribution is 9.10. The third-order valence-electron chi connectivity index (χ3n) is 7.47. The summed E-state index contributed by atoms with van der Waals surface area (Å²) in [6, 6.07) is 20.2. The van der Waals surface area contributed by atoms with Gasteiger partial charge in [0.2, 0.25) is 6.79 Å². The number of halogens is 1. The van der Waals surface area contributed by atoms with E-state index in [0.717, 1.165) is 48.7 Å². The smallest absolute Gasteiger partial charge is 0.265 e. The Bertz CT molecular complexity index is 1370. The number of benzene rings is 3. The van der Waals surface area contributed by atoms with Crippen LogP contribution in [0.3, 0.4) is 0 Å². The zero-order valence-electron chi connectivity index (χ0n) is 20.8. The van der Waals surface area contributed by atoms with Gasteiger partial charge >= 0.3 is 0 Å². The highest BCUT2D eigenvalue weighted by Crippen LogP contribution is 2.43. The van der Waals surface area contributed by atoms with E-state index < -0.39 is 11.5 Å². The van der Waals surface area contributed by atoms with Gasteiger partial charge in [0.15, 0.2) is 22.9 Å². The van der Waals surface area contributed by atoms with Crippen molar-refractivity contribution < 1.29 is 24.2 Å². The van der Waals surface area contributed by atoms with Crippen molar-refractivity contribution in [2.45, 2.75) is 18.6 Å². The highest BCUT2D eigenvalue weighted by atomic mass is 79.9. The zero-order chi connectivity index (χ0) is 26.3. The van der Waals surface area contributed by atoms with Gasteiger partial charge in [0, 0.05) is 48.3 Å². The fourth-order valence-electron chi connectivity index (χ4n) is 5.37. The van der Waals surface area contributed by atoms with E-state index in [9.17, 15) is 14.7 Å². The lowest BCUT2D eigenvalue weighted by Crippen LogP contribution is -2.52. The number of anilines is 1. The van der Waals surface area contributed by atoms with Gasteiger partial charge in [-0.05, 0) is 35.9 Å². The molecule has 3 heterocycles. The Balaban J connectivity index is 1.11.